The van der Waals surface area contributed by atoms with E-state index in [1.54, 1.807) is 55.5 Å². The summed E-state index contributed by atoms with van der Waals surface area (Å²) in [5, 5.41) is 13.6. The number of hydrazone groups is 1. The van der Waals surface area contributed by atoms with Crippen molar-refractivity contribution in [1.82, 2.24) is 5.32 Å². The minimum atomic E-state index is -3.87. The van der Waals surface area contributed by atoms with E-state index < -0.39 is 21.8 Å². The predicted molar refractivity (Wildman–Crippen MR) is 160 cm³/mol. The molecule has 0 aliphatic carbocycles. The largest absolute Gasteiger partial charge is 0.457 e. The Morgan fingerprint density at radius 3 is 2.43 bits per heavy atom. The molecule has 0 spiro atoms. The van der Waals surface area contributed by atoms with Gasteiger partial charge in [-0.05, 0) is 85.3 Å². The Morgan fingerprint density at radius 1 is 1.07 bits per heavy atom. The molecular formula is C30H26ClFN4O5S. The van der Waals surface area contributed by atoms with Gasteiger partial charge in [-0.1, -0.05) is 31.2 Å². The molecule has 0 unspecified atom stereocenters. The van der Waals surface area contributed by atoms with Crippen molar-refractivity contribution in [2.45, 2.75) is 25.8 Å². The molecule has 0 saturated heterocycles. The molecule has 0 radical (unpaired) electrons. The lowest BCUT2D eigenvalue weighted by Gasteiger charge is -2.12. The number of benzene rings is 3. The number of hydrogen-bond acceptors (Lipinski definition) is 6. The number of halogens is 2. The average Bonchev–Trinajstić information content (AvgIpc) is 3.53. The standard InChI is InChI=1S/C29H22ClFN4O5S.CH4/c1-17-24(29(37)35(34-17)21-7-10-23(11-8-21)41(32,38)39)15-22-9-13-27(40-22)19-4-12-26(30)25(14-19)28(36)33-16-18-2-5-20(31)6-3-18;/h2-15H,16H2,1H3,(H,33,36)(H2,32,38,39);1H4/b24-15-;. The zero-order valence-corrected chi connectivity index (χ0v) is 23.0. The molecule has 3 N–H and O–H groups in total. The maximum Gasteiger partial charge on any atom is 0.280 e. The summed E-state index contributed by atoms with van der Waals surface area (Å²) in [4.78, 5) is 25.8. The predicted octanol–water partition coefficient (Wildman–Crippen LogP) is 5.76. The zero-order chi connectivity index (χ0) is 29.3. The Labute approximate surface area is 247 Å². The Morgan fingerprint density at radius 2 is 1.76 bits per heavy atom. The molecule has 4 aromatic rings. The van der Waals surface area contributed by atoms with Gasteiger partial charge in [-0.2, -0.15) is 10.1 Å². The number of anilines is 1. The minimum absolute atomic E-state index is 0. The normalized spacial score (nSPS) is 14.1. The summed E-state index contributed by atoms with van der Waals surface area (Å²) in [6, 6.07) is 19.5. The van der Waals surface area contributed by atoms with Crippen LogP contribution in [0, 0.1) is 5.82 Å². The van der Waals surface area contributed by atoms with Gasteiger partial charge >= 0.3 is 0 Å². The number of carbonyl (C=O) groups is 2. The number of amides is 2. The second-order valence-electron chi connectivity index (χ2n) is 9.11. The highest BCUT2D eigenvalue weighted by molar-refractivity contribution is 7.89. The van der Waals surface area contributed by atoms with Crippen molar-refractivity contribution in [1.29, 1.82) is 0 Å². The van der Waals surface area contributed by atoms with Crippen LogP contribution in [0.1, 0.15) is 36.0 Å². The lowest BCUT2D eigenvalue weighted by molar-refractivity contribution is -0.114. The molecule has 216 valence electrons. The van der Waals surface area contributed by atoms with Gasteiger partial charge < -0.3 is 9.73 Å². The maximum atomic E-state index is 13.1. The number of carbonyl (C=O) groups excluding carboxylic acids is 2. The molecule has 5 rings (SSSR count). The zero-order valence-electron chi connectivity index (χ0n) is 21.5. The van der Waals surface area contributed by atoms with E-state index in [9.17, 15) is 22.4 Å². The number of nitrogens with one attached hydrogen (secondary N) is 1. The van der Waals surface area contributed by atoms with E-state index in [1.165, 1.54) is 36.4 Å². The second-order valence-corrected chi connectivity index (χ2v) is 11.1. The number of nitrogens with zero attached hydrogens (tertiary/aromatic N) is 2. The van der Waals surface area contributed by atoms with Crippen LogP contribution in [-0.4, -0.2) is 25.9 Å². The summed E-state index contributed by atoms with van der Waals surface area (Å²) in [6.07, 6.45) is 1.55. The first-order chi connectivity index (χ1) is 19.5. The van der Waals surface area contributed by atoms with Gasteiger partial charge in [0.05, 0.1) is 32.5 Å². The van der Waals surface area contributed by atoms with Crippen LogP contribution in [0.25, 0.3) is 17.4 Å². The quantitative estimate of drug-likeness (QED) is 0.257. The van der Waals surface area contributed by atoms with E-state index in [0.717, 1.165) is 10.6 Å². The van der Waals surface area contributed by atoms with Crippen LogP contribution in [0.4, 0.5) is 10.1 Å². The summed E-state index contributed by atoms with van der Waals surface area (Å²) < 4.78 is 42.1. The first-order valence-corrected chi connectivity index (χ1v) is 14.1. The van der Waals surface area contributed by atoms with Crippen LogP contribution < -0.4 is 15.5 Å². The van der Waals surface area contributed by atoms with Gasteiger partial charge in [0.25, 0.3) is 11.8 Å². The molecule has 0 saturated carbocycles. The highest BCUT2D eigenvalue weighted by Crippen LogP contribution is 2.30. The molecule has 0 bridgehead atoms. The summed E-state index contributed by atoms with van der Waals surface area (Å²) in [6.45, 7) is 1.86. The molecule has 0 fully saturated rings. The Hall–Kier alpha value is -4.58. The fraction of sp³-hybridized carbons (Fsp3) is 0.100. The number of rotatable bonds is 7. The third-order valence-corrected chi connectivity index (χ3v) is 7.51. The van der Waals surface area contributed by atoms with Gasteiger partial charge in [0, 0.05) is 12.1 Å². The Balaban J connectivity index is 0.00000405. The molecule has 2 amide bonds. The number of primary sulfonamides is 1. The van der Waals surface area contributed by atoms with Crippen LogP contribution in [-0.2, 0) is 21.4 Å². The number of hydrogen-bond donors (Lipinski definition) is 2. The van der Waals surface area contributed by atoms with Gasteiger partial charge in [0.2, 0.25) is 10.0 Å². The molecule has 1 aromatic heterocycles. The summed E-state index contributed by atoms with van der Waals surface area (Å²) in [7, 11) is -3.87. The van der Waals surface area contributed by atoms with E-state index in [-0.39, 0.29) is 35.3 Å². The van der Waals surface area contributed by atoms with E-state index in [4.69, 9.17) is 21.2 Å². The lowest BCUT2D eigenvalue weighted by atomic mass is 10.1. The van der Waals surface area contributed by atoms with Crippen LogP contribution in [0.3, 0.4) is 0 Å². The minimum Gasteiger partial charge on any atom is -0.457 e. The van der Waals surface area contributed by atoms with Crippen molar-refractivity contribution >= 4 is 50.9 Å². The molecule has 3 aromatic carbocycles. The fourth-order valence-electron chi connectivity index (χ4n) is 4.10. The fourth-order valence-corrected chi connectivity index (χ4v) is 4.82. The van der Waals surface area contributed by atoms with Crippen molar-refractivity contribution in [2.24, 2.45) is 10.2 Å². The van der Waals surface area contributed by atoms with E-state index in [0.29, 0.717) is 34.1 Å². The monoisotopic (exact) mass is 608 g/mol. The van der Waals surface area contributed by atoms with Crippen molar-refractivity contribution in [3.63, 3.8) is 0 Å². The number of furan rings is 1. The maximum absolute atomic E-state index is 13.1. The molecule has 1 aliphatic rings. The SMILES string of the molecule is C.CC1=NN(c2ccc(S(N)(=O)=O)cc2)C(=O)/C1=C\c1ccc(-c2ccc(Cl)c(C(=O)NCc3ccc(F)cc3)c2)o1. The van der Waals surface area contributed by atoms with E-state index in [1.807, 2.05) is 0 Å². The van der Waals surface area contributed by atoms with Crippen molar-refractivity contribution in [3.05, 3.63) is 112 Å². The third-order valence-electron chi connectivity index (χ3n) is 6.25. The van der Waals surface area contributed by atoms with E-state index in [2.05, 4.69) is 10.4 Å². The van der Waals surface area contributed by atoms with E-state index >= 15 is 0 Å². The van der Waals surface area contributed by atoms with Crippen molar-refractivity contribution in [3.8, 4) is 11.3 Å². The Kier molecular flexibility index (Phi) is 8.76. The van der Waals surface area contributed by atoms with Gasteiger partial charge in [-0.25, -0.2) is 17.9 Å². The van der Waals surface area contributed by atoms with Crippen LogP contribution in [0.15, 0.2) is 98.8 Å². The average molecular weight is 609 g/mol. The number of sulfonamides is 1. The summed E-state index contributed by atoms with van der Waals surface area (Å²) >= 11 is 6.28. The molecule has 2 heterocycles. The van der Waals surface area contributed by atoms with Crippen molar-refractivity contribution in [2.75, 3.05) is 5.01 Å². The first kappa shape index (κ1) is 30.4. The van der Waals surface area contributed by atoms with Gasteiger partial charge in [-0.15, -0.1) is 0 Å². The van der Waals surface area contributed by atoms with Gasteiger partial charge in [0.15, 0.2) is 0 Å². The molecule has 1 aliphatic heterocycles. The summed E-state index contributed by atoms with van der Waals surface area (Å²) in [5.41, 5.74) is 2.66. The van der Waals surface area contributed by atoms with Gasteiger partial charge in [-0.3, -0.25) is 9.59 Å². The Bertz CT molecular complexity index is 1830. The topological polar surface area (TPSA) is 135 Å². The molecule has 42 heavy (non-hydrogen) atoms. The summed E-state index contributed by atoms with van der Waals surface area (Å²) in [5.74, 6) is -0.372. The lowest BCUT2D eigenvalue weighted by Crippen LogP contribution is -2.23. The first-order valence-electron chi connectivity index (χ1n) is 12.2. The molecule has 9 nitrogen and oxygen atoms in total. The van der Waals surface area contributed by atoms with Crippen molar-refractivity contribution < 1.29 is 26.8 Å². The highest BCUT2D eigenvalue weighted by atomic mass is 35.5. The van der Waals surface area contributed by atoms with Crippen LogP contribution in [0.2, 0.25) is 5.02 Å². The smallest absolute Gasteiger partial charge is 0.280 e. The van der Waals surface area contributed by atoms with Crippen LogP contribution >= 0.6 is 11.6 Å². The van der Waals surface area contributed by atoms with Gasteiger partial charge in [0.1, 0.15) is 17.3 Å². The third kappa shape index (κ3) is 6.49. The molecule has 12 heteroatoms. The second kappa shape index (κ2) is 12.1. The highest BCUT2D eigenvalue weighted by Gasteiger charge is 2.29. The number of nitrogens with two attached hydrogens (primary N) is 1. The molecular weight excluding hydrogens is 583 g/mol. The molecule has 0 atom stereocenters. The van der Waals surface area contributed by atoms with Crippen LogP contribution in [0.5, 0.6) is 0 Å².